The molecule has 0 atom stereocenters. The Bertz CT molecular complexity index is 462. The number of carbonyl (C=O) groups is 2. The molecule has 0 bridgehead atoms. The normalized spacial score (nSPS) is 9.16. The Morgan fingerprint density at radius 3 is 1.40 bits per heavy atom. The lowest BCUT2D eigenvalue weighted by Crippen LogP contribution is -2.15. The van der Waals surface area contributed by atoms with Gasteiger partial charge in [-0.15, -0.1) is 0 Å². The van der Waals surface area contributed by atoms with Crippen molar-refractivity contribution in [1.29, 1.82) is 0 Å². The highest BCUT2D eigenvalue weighted by atomic mass is 32.3. The van der Waals surface area contributed by atoms with Crippen LogP contribution in [0.15, 0.2) is 24.3 Å². The Labute approximate surface area is 150 Å². The molecular weight excluding hydrogens is 354 g/mol. The van der Waals surface area contributed by atoms with Crippen LogP contribution in [0.1, 0.15) is 34.1 Å². The summed E-state index contributed by atoms with van der Waals surface area (Å²) in [6, 6.07) is 0. The number of nitrogens with zero attached hydrogens (tertiary/aromatic N) is 1. The van der Waals surface area contributed by atoms with Gasteiger partial charge in [0.15, 0.2) is 0 Å². The van der Waals surface area contributed by atoms with E-state index >= 15 is 0 Å². The Morgan fingerprint density at radius 1 is 1.08 bits per heavy atom. The molecule has 0 amide bonds. The first kappa shape index (κ1) is 31.1. The standard InChI is InChI=1S/C5H13N.2C5H8O2.H2O4S/c1-4-6(3)5-2;1-4(2)5(6)7-3;1-3-4(2)5(6)7;1-5(2,3)4/h4-5H2,1-3H3;1H2,2-3H3;2-3H2,1H3,(H,6,7);(H2,1,2,3,4). The summed E-state index contributed by atoms with van der Waals surface area (Å²) in [7, 11) is -1.23. The van der Waals surface area contributed by atoms with Crippen molar-refractivity contribution in [3.05, 3.63) is 24.3 Å². The van der Waals surface area contributed by atoms with Crippen LogP contribution in [0.2, 0.25) is 0 Å². The van der Waals surface area contributed by atoms with Gasteiger partial charge in [0.2, 0.25) is 0 Å². The summed E-state index contributed by atoms with van der Waals surface area (Å²) in [5, 5.41) is 8.08. The monoisotopic (exact) mass is 385 g/mol. The number of methoxy groups -OCH3 is 1. The quantitative estimate of drug-likeness (QED) is 0.368. The predicted molar refractivity (Wildman–Crippen MR) is 96.9 cm³/mol. The number of carboxylic acids is 1. The molecule has 0 aliphatic rings. The number of aliphatic carboxylic acids is 1. The Hall–Kier alpha value is -1.75. The van der Waals surface area contributed by atoms with Crippen LogP contribution < -0.4 is 0 Å². The van der Waals surface area contributed by atoms with E-state index in [1.807, 2.05) is 0 Å². The summed E-state index contributed by atoms with van der Waals surface area (Å²) < 4.78 is 35.9. The number of esters is 1. The molecule has 0 unspecified atom stereocenters. The number of rotatable bonds is 5. The van der Waals surface area contributed by atoms with Crippen LogP contribution in [0, 0.1) is 0 Å². The molecule has 0 rings (SSSR count). The third-order valence-corrected chi connectivity index (χ3v) is 2.34. The number of hydrogen-bond donors (Lipinski definition) is 3. The van der Waals surface area contributed by atoms with Crippen LogP contribution in [-0.4, -0.2) is 66.7 Å². The molecule has 0 spiro atoms. The first-order chi connectivity index (χ1) is 11.2. The highest BCUT2D eigenvalue weighted by Crippen LogP contribution is 1.93. The second-order valence-corrected chi connectivity index (χ2v) is 5.37. The van der Waals surface area contributed by atoms with Crippen LogP contribution in [-0.2, 0) is 24.7 Å². The van der Waals surface area contributed by atoms with Crippen molar-refractivity contribution >= 4 is 22.3 Å². The van der Waals surface area contributed by atoms with Gasteiger partial charge in [-0.25, -0.2) is 9.59 Å². The first-order valence-electron chi connectivity index (χ1n) is 7.20. The van der Waals surface area contributed by atoms with E-state index in [2.05, 4.69) is 43.7 Å². The molecular formula is C15H31NO8S. The molecule has 0 aromatic rings. The molecule has 0 fully saturated rings. The van der Waals surface area contributed by atoms with Gasteiger partial charge >= 0.3 is 22.3 Å². The molecule has 10 heteroatoms. The average molecular weight is 385 g/mol. The molecule has 0 aliphatic carbocycles. The van der Waals surface area contributed by atoms with Gasteiger partial charge in [0.25, 0.3) is 0 Å². The van der Waals surface area contributed by atoms with Crippen molar-refractivity contribution in [1.82, 2.24) is 4.90 Å². The molecule has 0 aromatic carbocycles. The minimum absolute atomic E-state index is 0.264. The zero-order chi connectivity index (χ0) is 21.2. The van der Waals surface area contributed by atoms with E-state index in [0.29, 0.717) is 12.0 Å². The van der Waals surface area contributed by atoms with Crippen molar-refractivity contribution < 1.29 is 37.0 Å². The van der Waals surface area contributed by atoms with E-state index in [4.69, 9.17) is 22.6 Å². The Morgan fingerprint density at radius 2 is 1.40 bits per heavy atom. The van der Waals surface area contributed by atoms with E-state index in [1.165, 1.54) is 7.11 Å². The second-order valence-electron chi connectivity index (χ2n) is 4.47. The van der Waals surface area contributed by atoms with E-state index < -0.39 is 16.4 Å². The van der Waals surface area contributed by atoms with Gasteiger partial charge in [0, 0.05) is 11.1 Å². The summed E-state index contributed by atoms with van der Waals surface area (Å²) >= 11 is 0. The zero-order valence-electron chi connectivity index (χ0n) is 15.8. The molecule has 0 saturated heterocycles. The van der Waals surface area contributed by atoms with Gasteiger partial charge in [0.1, 0.15) is 0 Å². The minimum Gasteiger partial charge on any atom is -0.478 e. The van der Waals surface area contributed by atoms with Gasteiger partial charge in [-0.3, -0.25) is 9.11 Å². The topological polar surface area (TPSA) is 141 Å². The Balaban J connectivity index is -0.000000119. The summed E-state index contributed by atoms with van der Waals surface area (Å²) in [6.07, 6.45) is 0.523. The van der Waals surface area contributed by atoms with Crippen molar-refractivity contribution in [2.75, 3.05) is 27.2 Å². The second kappa shape index (κ2) is 18.6. The van der Waals surface area contributed by atoms with Crippen LogP contribution in [0.4, 0.5) is 0 Å². The van der Waals surface area contributed by atoms with Gasteiger partial charge in [-0.05, 0) is 33.5 Å². The maximum absolute atomic E-state index is 10.2. The van der Waals surface area contributed by atoms with Gasteiger partial charge in [0.05, 0.1) is 7.11 Å². The highest BCUT2D eigenvalue weighted by Gasteiger charge is 1.96. The molecule has 0 radical (unpaired) electrons. The molecule has 0 heterocycles. The lowest BCUT2D eigenvalue weighted by atomic mass is 10.2. The maximum Gasteiger partial charge on any atom is 0.394 e. The van der Waals surface area contributed by atoms with E-state index in [1.54, 1.807) is 13.8 Å². The van der Waals surface area contributed by atoms with Crippen LogP contribution in [0.25, 0.3) is 0 Å². The lowest BCUT2D eigenvalue weighted by Gasteiger charge is -2.07. The fourth-order valence-corrected chi connectivity index (χ4v) is 0.549. The summed E-state index contributed by atoms with van der Waals surface area (Å²) in [6.45, 7) is 16.6. The van der Waals surface area contributed by atoms with Crippen LogP contribution in [0.3, 0.4) is 0 Å². The number of hydrogen-bond acceptors (Lipinski definition) is 6. The molecule has 0 saturated carbocycles. The molecule has 3 N–H and O–H groups in total. The fraction of sp³-hybridized carbons (Fsp3) is 0.600. The van der Waals surface area contributed by atoms with Crippen molar-refractivity contribution in [2.24, 2.45) is 0 Å². The summed E-state index contributed by atoms with van der Waals surface area (Å²) in [4.78, 5) is 22.3. The first-order valence-corrected chi connectivity index (χ1v) is 8.60. The number of carboxylic acid groups (broad SMARTS) is 1. The zero-order valence-corrected chi connectivity index (χ0v) is 16.6. The van der Waals surface area contributed by atoms with Gasteiger partial charge in [-0.2, -0.15) is 8.42 Å². The van der Waals surface area contributed by atoms with Crippen molar-refractivity contribution in [2.45, 2.75) is 34.1 Å². The molecule has 9 nitrogen and oxygen atoms in total. The van der Waals surface area contributed by atoms with Crippen LogP contribution >= 0.6 is 0 Å². The maximum atomic E-state index is 10.2. The molecule has 0 aromatic heterocycles. The van der Waals surface area contributed by atoms with E-state index in [0.717, 1.165) is 13.1 Å². The van der Waals surface area contributed by atoms with Gasteiger partial charge < -0.3 is 14.7 Å². The minimum atomic E-state index is -4.67. The lowest BCUT2D eigenvalue weighted by molar-refractivity contribution is -0.136. The smallest absolute Gasteiger partial charge is 0.394 e. The summed E-state index contributed by atoms with van der Waals surface area (Å²) in [5.41, 5.74) is 0.697. The molecule has 0 aliphatic heterocycles. The van der Waals surface area contributed by atoms with Crippen molar-refractivity contribution in [3.8, 4) is 0 Å². The number of carbonyl (C=O) groups excluding carboxylic acids is 1. The van der Waals surface area contributed by atoms with Gasteiger partial charge in [-0.1, -0.05) is 33.9 Å². The SMILES string of the molecule is C=C(C)C(=O)OC.C=C(CC)C(=O)O.CCN(C)CC.O=S(=O)(O)O. The van der Waals surface area contributed by atoms with Crippen molar-refractivity contribution in [3.63, 3.8) is 0 Å². The average Bonchev–Trinajstić information content (AvgIpc) is 2.51. The third-order valence-electron chi connectivity index (χ3n) is 2.34. The largest absolute Gasteiger partial charge is 0.478 e. The number of ether oxygens (including phenoxy) is 1. The Kier molecular flexibility index (Phi) is 23.1. The van der Waals surface area contributed by atoms with E-state index in [-0.39, 0.29) is 11.5 Å². The third kappa shape index (κ3) is 44.9. The highest BCUT2D eigenvalue weighted by molar-refractivity contribution is 7.79. The summed E-state index contributed by atoms with van der Waals surface area (Å²) in [5.74, 6) is -1.25. The fourth-order valence-electron chi connectivity index (χ4n) is 0.549. The molecule has 25 heavy (non-hydrogen) atoms. The predicted octanol–water partition coefficient (Wildman–Crippen LogP) is 2.08. The molecule has 150 valence electrons. The van der Waals surface area contributed by atoms with Crippen LogP contribution in [0.5, 0.6) is 0 Å². The van der Waals surface area contributed by atoms with E-state index in [9.17, 15) is 9.59 Å².